The van der Waals surface area contributed by atoms with E-state index in [0.29, 0.717) is 32.4 Å². The first-order chi connectivity index (χ1) is 18.4. The van der Waals surface area contributed by atoms with Gasteiger partial charge in [-0.05, 0) is 36.4 Å². The Balaban J connectivity index is 1.55. The number of esters is 1. The third-order valence-electron chi connectivity index (χ3n) is 5.69. The molecule has 7 nitrogen and oxygen atoms in total. The van der Waals surface area contributed by atoms with Crippen LogP contribution in [0.25, 0.3) is 16.5 Å². The Morgan fingerprint density at radius 1 is 0.789 bits per heavy atom. The predicted octanol–water partition coefficient (Wildman–Crippen LogP) is 6.23. The number of hydrogen-bond acceptors (Lipinski definition) is 5. The van der Waals surface area contributed by atoms with Crippen LogP contribution in [0.5, 0.6) is 0 Å². The second-order valence-electron chi connectivity index (χ2n) is 8.29. The lowest BCUT2D eigenvalue weighted by Crippen LogP contribution is -2.29. The van der Waals surface area contributed by atoms with Gasteiger partial charge in [0.05, 0.1) is 11.1 Å². The quantitative estimate of drug-likeness (QED) is 0.256. The minimum absolute atomic E-state index is 0.108. The molecule has 4 aromatic carbocycles. The van der Waals surface area contributed by atoms with E-state index in [0.717, 1.165) is 4.68 Å². The van der Waals surface area contributed by atoms with Gasteiger partial charge in [0.1, 0.15) is 0 Å². The molecule has 0 saturated heterocycles. The summed E-state index contributed by atoms with van der Waals surface area (Å²) in [6.07, 6.45) is -1.33. The highest BCUT2D eigenvalue weighted by molar-refractivity contribution is 6.35. The van der Waals surface area contributed by atoms with Crippen molar-refractivity contribution in [1.29, 1.82) is 0 Å². The highest BCUT2D eigenvalue weighted by atomic mass is 35.5. The van der Waals surface area contributed by atoms with Crippen LogP contribution < -0.4 is 10.9 Å². The molecule has 1 heterocycles. The van der Waals surface area contributed by atoms with Gasteiger partial charge in [-0.3, -0.25) is 9.59 Å². The van der Waals surface area contributed by atoms with Crippen LogP contribution >= 0.6 is 23.2 Å². The number of amides is 1. The van der Waals surface area contributed by atoms with E-state index in [-0.39, 0.29) is 11.1 Å². The molecule has 1 amide bonds. The summed E-state index contributed by atoms with van der Waals surface area (Å²) in [4.78, 5) is 40.1. The number of halogens is 2. The van der Waals surface area contributed by atoms with Gasteiger partial charge in [-0.2, -0.15) is 9.78 Å². The van der Waals surface area contributed by atoms with Crippen LogP contribution in [0, 0.1) is 0 Å². The fraction of sp³-hybridized carbons (Fsp3) is 0.0345. The van der Waals surface area contributed by atoms with Gasteiger partial charge >= 0.3 is 5.97 Å². The SMILES string of the molecule is O=C(O[C@@H](C(=O)Nc1cc(Cl)cc(Cl)c1)c1ccccc1)c1nn(-c2ccccc2)c(=O)c2ccccc12. The molecule has 0 unspecified atom stereocenters. The smallest absolute Gasteiger partial charge is 0.360 e. The lowest BCUT2D eigenvalue weighted by atomic mass is 10.1. The lowest BCUT2D eigenvalue weighted by molar-refractivity contribution is -0.125. The van der Waals surface area contributed by atoms with Crippen LogP contribution in [0.3, 0.4) is 0 Å². The van der Waals surface area contributed by atoms with Gasteiger partial charge in [0.25, 0.3) is 11.5 Å². The summed E-state index contributed by atoms with van der Waals surface area (Å²) < 4.78 is 6.90. The van der Waals surface area contributed by atoms with E-state index in [1.165, 1.54) is 18.2 Å². The fourth-order valence-corrected chi connectivity index (χ4v) is 4.51. The maximum Gasteiger partial charge on any atom is 0.360 e. The zero-order chi connectivity index (χ0) is 26.6. The molecule has 0 aliphatic carbocycles. The Bertz CT molecular complexity index is 1690. The van der Waals surface area contributed by atoms with Crippen molar-refractivity contribution in [3.63, 3.8) is 0 Å². The summed E-state index contributed by atoms with van der Waals surface area (Å²) in [6.45, 7) is 0. The van der Waals surface area contributed by atoms with Gasteiger partial charge in [-0.15, -0.1) is 0 Å². The molecule has 0 saturated carbocycles. The number of fused-ring (bicyclic) bond motifs is 1. The zero-order valence-electron chi connectivity index (χ0n) is 19.7. The Morgan fingerprint density at radius 3 is 2.03 bits per heavy atom. The predicted molar refractivity (Wildman–Crippen MR) is 147 cm³/mol. The Hall–Kier alpha value is -4.46. The zero-order valence-corrected chi connectivity index (χ0v) is 21.2. The van der Waals surface area contributed by atoms with Crippen molar-refractivity contribution in [3.8, 4) is 5.69 Å². The van der Waals surface area contributed by atoms with Crippen molar-refractivity contribution in [1.82, 2.24) is 9.78 Å². The second-order valence-corrected chi connectivity index (χ2v) is 9.16. The van der Waals surface area contributed by atoms with E-state index in [1.807, 2.05) is 0 Å². The molecule has 0 fully saturated rings. The second kappa shape index (κ2) is 10.9. The maximum atomic E-state index is 13.6. The summed E-state index contributed by atoms with van der Waals surface area (Å²) >= 11 is 12.1. The van der Waals surface area contributed by atoms with Gasteiger partial charge in [0, 0.05) is 26.7 Å². The molecule has 0 aliphatic rings. The van der Waals surface area contributed by atoms with Gasteiger partial charge in [-0.25, -0.2) is 4.79 Å². The first-order valence-electron chi connectivity index (χ1n) is 11.5. The largest absolute Gasteiger partial charge is 0.442 e. The first-order valence-corrected chi connectivity index (χ1v) is 12.3. The first kappa shape index (κ1) is 25.2. The van der Waals surface area contributed by atoms with E-state index in [9.17, 15) is 14.4 Å². The summed E-state index contributed by atoms with van der Waals surface area (Å²) in [5.41, 5.74) is 0.757. The third kappa shape index (κ3) is 5.29. The molecule has 0 spiro atoms. The average molecular weight is 544 g/mol. The average Bonchev–Trinajstić information content (AvgIpc) is 2.92. The van der Waals surface area contributed by atoms with E-state index in [1.54, 1.807) is 84.9 Å². The molecule has 1 atom stereocenters. The monoisotopic (exact) mass is 543 g/mol. The summed E-state index contributed by atoms with van der Waals surface area (Å²) in [7, 11) is 0. The Morgan fingerprint density at radius 2 is 1.37 bits per heavy atom. The maximum absolute atomic E-state index is 13.6. The number of anilines is 1. The summed E-state index contributed by atoms with van der Waals surface area (Å²) in [5.74, 6) is -1.50. The lowest BCUT2D eigenvalue weighted by Gasteiger charge is -2.19. The van der Waals surface area contributed by atoms with Gasteiger partial charge in [0.2, 0.25) is 6.10 Å². The number of carbonyl (C=O) groups excluding carboxylic acids is 2. The number of benzene rings is 4. The van der Waals surface area contributed by atoms with Gasteiger partial charge in [-0.1, -0.05) is 89.9 Å². The van der Waals surface area contributed by atoms with E-state index >= 15 is 0 Å². The molecular formula is C29H19Cl2N3O4. The molecule has 38 heavy (non-hydrogen) atoms. The molecule has 9 heteroatoms. The van der Waals surface area contributed by atoms with E-state index in [4.69, 9.17) is 27.9 Å². The van der Waals surface area contributed by atoms with E-state index in [2.05, 4.69) is 10.4 Å². The number of ether oxygens (including phenoxy) is 1. The van der Waals surface area contributed by atoms with Crippen LogP contribution in [0.2, 0.25) is 10.0 Å². The highest BCUT2D eigenvalue weighted by Crippen LogP contribution is 2.26. The van der Waals surface area contributed by atoms with Crippen LogP contribution in [0.4, 0.5) is 5.69 Å². The van der Waals surface area contributed by atoms with Crippen LogP contribution in [-0.4, -0.2) is 21.7 Å². The number of carbonyl (C=O) groups is 2. The number of rotatable bonds is 6. The topological polar surface area (TPSA) is 90.3 Å². The third-order valence-corrected chi connectivity index (χ3v) is 6.13. The van der Waals surface area contributed by atoms with Gasteiger partial charge < -0.3 is 10.1 Å². The molecule has 0 radical (unpaired) electrons. The van der Waals surface area contributed by atoms with Crippen molar-refractivity contribution in [2.45, 2.75) is 6.10 Å². The van der Waals surface area contributed by atoms with Crippen molar-refractivity contribution >= 4 is 51.5 Å². The number of para-hydroxylation sites is 1. The number of nitrogens with one attached hydrogen (secondary N) is 1. The molecule has 1 aromatic heterocycles. The van der Waals surface area contributed by atoms with Crippen LogP contribution in [0.1, 0.15) is 22.2 Å². The van der Waals surface area contributed by atoms with Crippen LogP contribution in [0.15, 0.2) is 108 Å². The minimum Gasteiger partial charge on any atom is -0.442 e. The van der Waals surface area contributed by atoms with Crippen molar-refractivity contribution in [2.24, 2.45) is 0 Å². The molecule has 5 aromatic rings. The standard InChI is InChI=1S/C29H19Cl2N3O4/c30-19-15-20(31)17-21(16-19)32-27(35)26(18-9-3-1-4-10-18)38-29(37)25-23-13-7-8-14-24(23)28(36)34(33-25)22-11-5-2-6-12-22/h1-17,26H,(H,32,35)/t26-/m1/s1. The Labute approximate surface area is 227 Å². The number of hydrogen-bond donors (Lipinski definition) is 1. The molecule has 5 rings (SSSR count). The van der Waals surface area contributed by atoms with Gasteiger partial charge in [0.15, 0.2) is 5.69 Å². The van der Waals surface area contributed by atoms with E-state index < -0.39 is 23.5 Å². The summed E-state index contributed by atoms with van der Waals surface area (Å²) in [6, 6.07) is 28.5. The Kier molecular flexibility index (Phi) is 7.22. The molecular weight excluding hydrogens is 525 g/mol. The fourth-order valence-electron chi connectivity index (χ4n) is 3.98. The highest BCUT2D eigenvalue weighted by Gasteiger charge is 2.28. The molecule has 188 valence electrons. The normalized spacial score (nSPS) is 11.6. The molecule has 0 aliphatic heterocycles. The molecule has 1 N–H and O–H groups in total. The number of aromatic nitrogens is 2. The van der Waals surface area contributed by atoms with Crippen molar-refractivity contribution in [2.75, 3.05) is 5.32 Å². The summed E-state index contributed by atoms with van der Waals surface area (Å²) in [5, 5.41) is 8.31. The van der Waals surface area contributed by atoms with Crippen LogP contribution in [-0.2, 0) is 9.53 Å². The minimum atomic E-state index is -1.33. The van der Waals surface area contributed by atoms with Crippen molar-refractivity contribution in [3.05, 3.63) is 135 Å². The molecule has 0 bridgehead atoms. The number of nitrogens with zero attached hydrogens (tertiary/aromatic N) is 2. The van der Waals surface area contributed by atoms with Crippen molar-refractivity contribution < 1.29 is 14.3 Å².